The number of amides is 2. The molecular formula is C17H21N3O2S2. The van der Waals surface area contributed by atoms with Gasteiger partial charge in [0.05, 0.1) is 5.75 Å². The van der Waals surface area contributed by atoms with Crippen molar-refractivity contribution in [1.82, 2.24) is 5.32 Å². The van der Waals surface area contributed by atoms with Crippen LogP contribution in [0.25, 0.3) is 0 Å². The maximum absolute atomic E-state index is 12.2. The zero-order valence-corrected chi connectivity index (χ0v) is 15.1. The maximum Gasteiger partial charge on any atom is 0.242 e. The molecule has 0 unspecified atom stereocenters. The standard InChI is InChI=1S/C17H21N3O2S2/c1-12(17(22)19-9-8-13-5-4-10-23-13)20-14-6-2-3-7-15(14)24-11-16(18)21/h2-7,10,12,20H,8-9,11H2,1H3,(H2,18,21)(H,19,22)/t12-/m0/s1. The third-order valence-corrected chi connectivity index (χ3v) is 5.31. The highest BCUT2D eigenvalue weighted by Crippen LogP contribution is 2.27. The molecule has 1 aromatic carbocycles. The summed E-state index contributed by atoms with van der Waals surface area (Å²) in [7, 11) is 0. The summed E-state index contributed by atoms with van der Waals surface area (Å²) < 4.78 is 0. The smallest absolute Gasteiger partial charge is 0.242 e. The summed E-state index contributed by atoms with van der Waals surface area (Å²) in [5.74, 6) is -0.212. The normalized spacial score (nSPS) is 11.7. The van der Waals surface area contributed by atoms with E-state index < -0.39 is 0 Å². The Morgan fingerprint density at radius 1 is 1.25 bits per heavy atom. The molecule has 0 fully saturated rings. The van der Waals surface area contributed by atoms with E-state index in [9.17, 15) is 9.59 Å². The predicted molar refractivity (Wildman–Crippen MR) is 100 cm³/mol. The number of nitrogens with two attached hydrogens (primary N) is 1. The predicted octanol–water partition coefficient (Wildman–Crippen LogP) is 2.48. The quantitative estimate of drug-likeness (QED) is 0.598. The van der Waals surface area contributed by atoms with Gasteiger partial charge in [-0.05, 0) is 36.9 Å². The molecule has 128 valence electrons. The Bertz CT molecular complexity index is 674. The first kappa shape index (κ1) is 18.4. The molecule has 1 atom stereocenters. The lowest BCUT2D eigenvalue weighted by Crippen LogP contribution is -2.38. The number of thiophene rings is 1. The number of anilines is 1. The average Bonchev–Trinajstić information content (AvgIpc) is 3.07. The van der Waals surface area contributed by atoms with Crippen LogP contribution in [0.3, 0.4) is 0 Å². The van der Waals surface area contributed by atoms with Crippen LogP contribution in [-0.4, -0.2) is 30.2 Å². The van der Waals surface area contributed by atoms with Gasteiger partial charge in [0.1, 0.15) is 6.04 Å². The molecule has 4 N–H and O–H groups in total. The molecule has 5 nitrogen and oxygen atoms in total. The SMILES string of the molecule is C[C@H](Nc1ccccc1SCC(N)=O)C(=O)NCCc1cccs1. The third-order valence-electron chi connectivity index (χ3n) is 3.27. The number of thioether (sulfide) groups is 1. The highest BCUT2D eigenvalue weighted by molar-refractivity contribution is 8.00. The van der Waals surface area contributed by atoms with Gasteiger partial charge in [0.25, 0.3) is 0 Å². The Morgan fingerprint density at radius 3 is 2.75 bits per heavy atom. The molecule has 2 aromatic rings. The monoisotopic (exact) mass is 363 g/mol. The molecule has 0 spiro atoms. The lowest BCUT2D eigenvalue weighted by Gasteiger charge is -2.17. The van der Waals surface area contributed by atoms with Gasteiger partial charge < -0.3 is 16.4 Å². The first-order chi connectivity index (χ1) is 11.6. The van der Waals surface area contributed by atoms with E-state index in [-0.39, 0.29) is 23.6 Å². The van der Waals surface area contributed by atoms with Crippen molar-refractivity contribution in [1.29, 1.82) is 0 Å². The first-order valence-corrected chi connectivity index (χ1v) is 9.49. The second-order valence-corrected chi connectivity index (χ2v) is 7.29. The zero-order chi connectivity index (χ0) is 17.4. The van der Waals surface area contributed by atoms with Crippen molar-refractivity contribution in [3.8, 4) is 0 Å². The van der Waals surface area contributed by atoms with Crippen molar-refractivity contribution in [2.45, 2.75) is 24.3 Å². The highest BCUT2D eigenvalue weighted by Gasteiger charge is 2.14. The van der Waals surface area contributed by atoms with E-state index in [1.165, 1.54) is 16.6 Å². The van der Waals surface area contributed by atoms with Crippen LogP contribution >= 0.6 is 23.1 Å². The summed E-state index contributed by atoms with van der Waals surface area (Å²) in [6.45, 7) is 2.43. The van der Waals surface area contributed by atoms with Crippen molar-refractivity contribution in [2.75, 3.05) is 17.6 Å². The van der Waals surface area contributed by atoms with E-state index in [0.717, 1.165) is 17.0 Å². The molecule has 0 aliphatic carbocycles. The van der Waals surface area contributed by atoms with Crippen LogP contribution in [0, 0.1) is 0 Å². The van der Waals surface area contributed by atoms with Crippen LogP contribution in [0.1, 0.15) is 11.8 Å². The summed E-state index contributed by atoms with van der Waals surface area (Å²) in [5, 5.41) is 8.16. The molecule has 0 saturated heterocycles. The second kappa shape index (κ2) is 9.34. The minimum Gasteiger partial charge on any atom is -0.373 e. The fourth-order valence-electron chi connectivity index (χ4n) is 2.08. The molecule has 1 heterocycles. The van der Waals surface area contributed by atoms with E-state index in [4.69, 9.17) is 5.73 Å². The van der Waals surface area contributed by atoms with Gasteiger partial charge >= 0.3 is 0 Å². The van der Waals surface area contributed by atoms with Crippen LogP contribution in [0.4, 0.5) is 5.69 Å². The molecule has 24 heavy (non-hydrogen) atoms. The van der Waals surface area contributed by atoms with Crippen LogP contribution < -0.4 is 16.4 Å². The number of hydrogen-bond donors (Lipinski definition) is 3. The fourth-order valence-corrected chi connectivity index (χ4v) is 3.54. The summed E-state index contributed by atoms with van der Waals surface area (Å²) >= 11 is 3.05. The van der Waals surface area contributed by atoms with Crippen molar-refractivity contribution in [3.05, 3.63) is 46.7 Å². The molecule has 0 bridgehead atoms. The number of primary amides is 1. The van der Waals surface area contributed by atoms with E-state index in [0.29, 0.717) is 6.54 Å². The highest BCUT2D eigenvalue weighted by atomic mass is 32.2. The first-order valence-electron chi connectivity index (χ1n) is 7.63. The molecule has 0 aliphatic heterocycles. The number of nitrogens with one attached hydrogen (secondary N) is 2. The summed E-state index contributed by atoms with van der Waals surface area (Å²) in [6, 6.07) is 11.3. The second-order valence-electron chi connectivity index (χ2n) is 5.24. The number of carbonyl (C=O) groups excluding carboxylic acids is 2. The molecule has 1 aromatic heterocycles. The Hall–Kier alpha value is -1.99. The number of para-hydroxylation sites is 1. The number of carbonyl (C=O) groups is 2. The number of rotatable bonds is 9. The summed E-state index contributed by atoms with van der Waals surface area (Å²) in [6.07, 6.45) is 0.835. The summed E-state index contributed by atoms with van der Waals surface area (Å²) in [4.78, 5) is 25.3. The van der Waals surface area contributed by atoms with Gasteiger partial charge in [0.2, 0.25) is 11.8 Å². The summed E-state index contributed by atoms with van der Waals surface area (Å²) in [5.41, 5.74) is 6.02. The van der Waals surface area contributed by atoms with Gasteiger partial charge in [-0.25, -0.2) is 0 Å². The Kier molecular flexibility index (Phi) is 7.14. The molecule has 0 saturated carbocycles. The molecule has 2 rings (SSSR count). The average molecular weight is 364 g/mol. The van der Waals surface area contributed by atoms with E-state index in [2.05, 4.69) is 16.7 Å². The molecule has 0 radical (unpaired) electrons. The van der Waals surface area contributed by atoms with Crippen molar-refractivity contribution >= 4 is 40.6 Å². The van der Waals surface area contributed by atoms with Gasteiger partial charge in [-0.1, -0.05) is 18.2 Å². The maximum atomic E-state index is 12.2. The van der Waals surface area contributed by atoms with Crippen molar-refractivity contribution in [3.63, 3.8) is 0 Å². The van der Waals surface area contributed by atoms with Gasteiger partial charge in [-0.2, -0.15) is 0 Å². The Morgan fingerprint density at radius 2 is 2.04 bits per heavy atom. The topological polar surface area (TPSA) is 84.2 Å². The minimum atomic E-state index is -0.372. The Balaban J connectivity index is 1.85. The van der Waals surface area contributed by atoms with Gasteiger partial charge in [-0.3, -0.25) is 9.59 Å². The molecule has 2 amide bonds. The molecule has 0 aliphatic rings. The van der Waals surface area contributed by atoms with Crippen LogP contribution in [0.2, 0.25) is 0 Å². The van der Waals surface area contributed by atoms with Crippen LogP contribution in [0.5, 0.6) is 0 Å². The Labute approximate surface area is 150 Å². The molecular weight excluding hydrogens is 342 g/mol. The van der Waals surface area contributed by atoms with E-state index in [1.54, 1.807) is 11.3 Å². The van der Waals surface area contributed by atoms with E-state index in [1.807, 2.05) is 42.6 Å². The fraction of sp³-hybridized carbons (Fsp3) is 0.294. The van der Waals surface area contributed by atoms with Crippen LogP contribution in [-0.2, 0) is 16.0 Å². The zero-order valence-electron chi connectivity index (χ0n) is 13.5. The molecule has 7 heteroatoms. The lowest BCUT2D eigenvalue weighted by molar-refractivity contribution is -0.121. The third kappa shape index (κ3) is 5.90. The van der Waals surface area contributed by atoms with Crippen molar-refractivity contribution < 1.29 is 9.59 Å². The van der Waals surface area contributed by atoms with Gasteiger partial charge in [-0.15, -0.1) is 23.1 Å². The lowest BCUT2D eigenvalue weighted by atomic mass is 10.2. The van der Waals surface area contributed by atoms with Gasteiger partial charge in [0.15, 0.2) is 0 Å². The number of benzene rings is 1. The minimum absolute atomic E-state index is 0.0544. The van der Waals surface area contributed by atoms with E-state index >= 15 is 0 Å². The van der Waals surface area contributed by atoms with Gasteiger partial charge in [0, 0.05) is 22.0 Å². The van der Waals surface area contributed by atoms with Crippen molar-refractivity contribution in [2.24, 2.45) is 5.73 Å². The number of hydrogen-bond acceptors (Lipinski definition) is 5. The van der Waals surface area contributed by atoms with Crippen LogP contribution in [0.15, 0.2) is 46.7 Å². The largest absolute Gasteiger partial charge is 0.373 e.